The van der Waals surface area contributed by atoms with Crippen LogP contribution < -0.4 is 5.46 Å². The Hall–Kier alpha value is -7.06. The highest BCUT2D eigenvalue weighted by Gasteiger charge is 2.51. The third-order valence-corrected chi connectivity index (χ3v) is 15.1. The van der Waals surface area contributed by atoms with E-state index in [1.54, 1.807) is 0 Å². The van der Waals surface area contributed by atoms with Crippen LogP contribution in [0.25, 0.3) is 83.9 Å². The first kappa shape index (κ1) is 49.5. The zero-order valence-electron chi connectivity index (χ0n) is 44.8. The number of pyridine rings is 1. The maximum Gasteiger partial charge on any atom is 0.494 e. The SMILES string of the molecule is CC(C)(C)c1cc(-c2cc(-c3ccc(B4OC(C)(C)C(C)(C)O4)cc3)ccn2)cc(-c2cccc3c2nc(-c2cc(C(C)(C)C)cc(C(C)(C)C)c2O)n3-c2ccc(-c3ccccc3)cc2-c2ccccc2)c1. The van der Waals surface area contributed by atoms with Crippen molar-refractivity contribution in [1.82, 2.24) is 14.5 Å². The normalized spacial score (nSPS) is 14.8. The number of aromatic hydroxyl groups is 1. The van der Waals surface area contributed by atoms with Gasteiger partial charge in [0, 0.05) is 28.5 Å². The highest BCUT2D eigenvalue weighted by molar-refractivity contribution is 6.62. The highest BCUT2D eigenvalue weighted by atomic mass is 16.7. The van der Waals surface area contributed by atoms with Crippen LogP contribution in [0.2, 0.25) is 0 Å². The molecular weight excluding hydrogens is 894 g/mol. The van der Waals surface area contributed by atoms with Crippen LogP contribution in [0.15, 0.2) is 170 Å². The molecule has 10 rings (SSSR count). The lowest BCUT2D eigenvalue weighted by Crippen LogP contribution is -2.41. The summed E-state index contributed by atoms with van der Waals surface area (Å²) in [5.41, 5.74) is 16.5. The molecule has 3 heterocycles. The van der Waals surface area contributed by atoms with Gasteiger partial charge in [-0.15, -0.1) is 0 Å². The molecule has 0 amide bonds. The van der Waals surface area contributed by atoms with Crippen LogP contribution in [-0.2, 0) is 25.6 Å². The fraction of sp³-hybridized carbons (Fsp3) is 0.273. The van der Waals surface area contributed by atoms with Gasteiger partial charge in [0.05, 0.1) is 39.2 Å². The minimum Gasteiger partial charge on any atom is -0.507 e. The molecule has 0 atom stereocenters. The zero-order chi connectivity index (χ0) is 51.8. The summed E-state index contributed by atoms with van der Waals surface area (Å²) in [6.07, 6.45) is 1.91. The van der Waals surface area contributed by atoms with Gasteiger partial charge in [0.2, 0.25) is 0 Å². The van der Waals surface area contributed by atoms with Gasteiger partial charge in [-0.05, 0) is 142 Å². The van der Waals surface area contributed by atoms with Crippen LogP contribution in [-0.4, -0.2) is 38.0 Å². The number of nitrogens with zero attached hydrogens (tertiary/aromatic N) is 3. The summed E-state index contributed by atoms with van der Waals surface area (Å²) in [5.74, 6) is 0.916. The average molecular weight is 962 g/mol. The lowest BCUT2D eigenvalue weighted by atomic mass is 9.78. The monoisotopic (exact) mass is 962 g/mol. The number of rotatable bonds is 8. The number of phenolic OH excluding ortho intramolecular Hbond substituents is 1. The van der Waals surface area contributed by atoms with Crippen LogP contribution in [0.4, 0.5) is 0 Å². The van der Waals surface area contributed by atoms with Crippen LogP contribution in [0, 0.1) is 0 Å². The number of para-hydroxylation sites is 1. The lowest BCUT2D eigenvalue weighted by molar-refractivity contribution is 0.00578. The van der Waals surface area contributed by atoms with Crippen molar-refractivity contribution >= 4 is 23.6 Å². The van der Waals surface area contributed by atoms with Crippen molar-refractivity contribution in [2.45, 2.75) is 117 Å². The molecule has 368 valence electrons. The largest absolute Gasteiger partial charge is 0.507 e. The molecule has 7 heteroatoms. The average Bonchev–Trinajstić information content (AvgIpc) is 3.85. The summed E-state index contributed by atoms with van der Waals surface area (Å²) < 4.78 is 15.0. The molecule has 1 aliphatic rings. The van der Waals surface area contributed by atoms with Gasteiger partial charge in [-0.1, -0.05) is 178 Å². The first-order chi connectivity index (χ1) is 34.5. The molecule has 6 nitrogen and oxygen atoms in total. The summed E-state index contributed by atoms with van der Waals surface area (Å²) >= 11 is 0. The molecule has 0 aliphatic carbocycles. The van der Waals surface area contributed by atoms with E-state index in [0.717, 1.165) is 89.1 Å². The second-order valence-corrected chi connectivity index (χ2v) is 24.0. The topological polar surface area (TPSA) is 69.4 Å². The molecular formula is C66H68BN3O3. The Bertz CT molecular complexity index is 3500. The van der Waals surface area contributed by atoms with Crippen LogP contribution in [0.1, 0.15) is 107 Å². The van der Waals surface area contributed by atoms with Crippen molar-refractivity contribution in [3.63, 3.8) is 0 Å². The lowest BCUT2D eigenvalue weighted by Gasteiger charge is -2.32. The van der Waals surface area contributed by atoms with E-state index in [2.05, 4.69) is 258 Å². The third-order valence-electron chi connectivity index (χ3n) is 15.1. The Morgan fingerprint density at radius 2 is 1.05 bits per heavy atom. The van der Waals surface area contributed by atoms with Gasteiger partial charge >= 0.3 is 7.12 Å². The maximum atomic E-state index is 12.7. The number of hydrogen-bond acceptors (Lipinski definition) is 5. The minimum absolute atomic E-state index is 0.183. The fourth-order valence-corrected chi connectivity index (χ4v) is 9.90. The zero-order valence-corrected chi connectivity index (χ0v) is 44.8. The van der Waals surface area contributed by atoms with Crippen molar-refractivity contribution in [2.24, 2.45) is 0 Å². The second-order valence-electron chi connectivity index (χ2n) is 24.0. The van der Waals surface area contributed by atoms with E-state index in [0.29, 0.717) is 11.4 Å². The van der Waals surface area contributed by atoms with Gasteiger partial charge in [0.25, 0.3) is 0 Å². The number of aromatic nitrogens is 3. The molecule has 1 N–H and O–H groups in total. The van der Waals surface area contributed by atoms with Crippen molar-refractivity contribution in [1.29, 1.82) is 0 Å². The molecule has 2 aromatic heterocycles. The summed E-state index contributed by atoms with van der Waals surface area (Å²) in [7, 11) is -0.427. The van der Waals surface area contributed by atoms with E-state index in [1.165, 1.54) is 5.56 Å². The number of hydrogen-bond donors (Lipinski definition) is 1. The van der Waals surface area contributed by atoms with E-state index in [-0.39, 0.29) is 22.0 Å². The molecule has 0 saturated carbocycles. The maximum absolute atomic E-state index is 12.7. The summed E-state index contributed by atoms with van der Waals surface area (Å²) in [4.78, 5) is 10.7. The van der Waals surface area contributed by atoms with Gasteiger partial charge in [-0.2, -0.15) is 0 Å². The summed E-state index contributed by atoms with van der Waals surface area (Å²) in [6.45, 7) is 28.3. The Morgan fingerprint density at radius 1 is 0.479 bits per heavy atom. The molecule has 9 aromatic rings. The van der Waals surface area contributed by atoms with Crippen molar-refractivity contribution < 1.29 is 14.4 Å². The fourth-order valence-electron chi connectivity index (χ4n) is 9.90. The van der Waals surface area contributed by atoms with E-state index in [1.807, 2.05) is 6.20 Å². The second kappa shape index (κ2) is 18.2. The molecule has 1 aliphatic heterocycles. The quantitative estimate of drug-likeness (QED) is 0.154. The van der Waals surface area contributed by atoms with Crippen molar-refractivity contribution in [3.8, 4) is 78.6 Å². The van der Waals surface area contributed by atoms with Gasteiger partial charge in [0.15, 0.2) is 0 Å². The van der Waals surface area contributed by atoms with Crippen LogP contribution in [0.5, 0.6) is 5.75 Å². The molecule has 0 spiro atoms. The molecule has 7 aromatic carbocycles. The first-order valence-corrected chi connectivity index (χ1v) is 25.7. The van der Waals surface area contributed by atoms with E-state index in [4.69, 9.17) is 19.3 Å². The smallest absolute Gasteiger partial charge is 0.494 e. The van der Waals surface area contributed by atoms with Gasteiger partial charge in [-0.25, -0.2) is 4.98 Å². The number of imidazole rings is 1. The predicted octanol–water partition coefficient (Wildman–Crippen LogP) is 16.3. The number of benzene rings is 7. The van der Waals surface area contributed by atoms with Gasteiger partial charge < -0.3 is 14.4 Å². The summed E-state index contributed by atoms with van der Waals surface area (Å²) in [5, 5.41) is 12.7. The highest BCUT2D eigenvalue weighted by Crippen LogP contribution is 2.46. The van der Waals surface area contributed by atoms with E-state index >= 15 is 0 Å². The minimum atomic E-state index is -0.427. The Kier molecular flexibility index (Phi) is 12.3. The van der Waals surface area contributed by atoms with Crippen LogP contribution >= 0.6 is 0 Å². The van der Waals surface area contributed by atoms with Crippen molar-refractivity contribution in [2.75, 3.05) is 0 Å². The first-order valence-electron chi connectivity index (χ1n) is 25.7. The Labute approximate surface area is 433 Å². The Morgan fingerprint density at radius 3 is 1.68 bits per heavy atom. The molecule has 73 heavy (non-hydrogen) atoms. The number of fused-ring (bicyclic) bond motifs is 1. The molecule has 0 unspecified atom stereocenters. The van der Waals surface area contributed by atoms with Crippen molar-refractivity contribution in [3.05, 3.63) is 187 Å². The van der Waals surface area contributed by atoms with Gasteiger partial charge in [0.1, 0.15) is 11.6 Å². The summed E-state index contributed by atoms with van der Waals surface area (Å²) in [6, 6.07) is 58.3. The van der Waals surface area contributed by atoms with Gasteiger partial charge in [-0.3, -0.25) is 9.55 Å². The van der Waals surface area contributed by atoms with E-state index < -0.39 is 18.3 Å². The Balaban J connectivity index is 1.18. The predicted molar refractivity (Wildman–Crippen MR) is 305 cm³/mol. The molecule has 1 fully saturated rings. The molecule has 0 bridgehead atoms. The number of phenols is 1. The third kappa shape index (κ3) is 9.46. The molecule has 1 saturated heterocycles. The molecule has 0 radical (unpaired) electrons. The van der Waals surface area contributed by atoms with E-state index in [9.17, 15) is 5.11 Å². The standard InChI is InChI=1S/C66H68BN3O3/c1-62(2,3)49-36-47(35-48(37-49)56-39-46(33-34-68-56)43-27-30-51(31-28-43)67-72-65(10,11)66(12,13)73-67)52-25-20-26-58-59(52)69-61(54-40-50(63(4,5)6)41-55(60(54)71)64(7,8)9)70(58)57-32-29-45(42-21-16-14-17-22-42)38-53(57)44-23-18-15-19-24-44/h14-41,71H,1-13H3. The van der Waals surface area contributed by atoms with Crippen LogP contribution in [0.3, 0.4) is 0 Å².